The van der Waals surface area contributed by atoms with Crippen molar-refractivity contribution in [3.63, 3.8) is 0 Å². The number of pyridine rings is 1. The van der Waals surface area contributed by atoms with Crippen LogP contribution in [0.3, 0.4) is 0 Å². The van der Waals surface area contributed by atoms with Gasteiger partial charge in [0.05, 0.1) is 23.0 Å². The molecule has 2 heterocycles. The number of benzene rings is 2. The van der Waals surface area contributed by atoms with E-state index in [0.717, 1.165) is 27.8 Å². The molecule has 0 bridgehead atoms. The first-order chi connectivity index (χ1) is 15.3. The summed E-state index contributed by atoms with van der Waals surface area (Å²) >= 11 is 0. The fraction of sp³-hybridized carbons (Fsp3) is 0.160. The number of hydrogen-bond acceptors (Lipinski definition) is 3. The lowest BCUT2D eigenvalue weighted by atomic mass is 10.1. The van der Waals surface area contributed by atoms with E-state index in [1.165, 1.54) is 12.1 Å². The highest BCUT2D eigenvalue weighted by molar-refractivity contribution is 6.83. The predicted octanol–water partition coefficient (Wildman–Crippen LogP) is 4.72. The van der Waals surface area contributed by atoms with Crippen LogP contribution >= 0.6 is 0 Å². The summed E-state index contributed by atoms with van der Waals surface area (Å²) in [6.45, 7) is 6.92. The summed E-state index contributed by atoms with van der Waals surface area (Å²) in [6, 6.07) is 15.3. The number of halogens is 1. The van der Waals surface area contributed by atoms with Crippen molar-refractivity contribution >= 4 is 24.9 Å². The highest BCUT2D eigenvalue weighted by Crippen LogP contribution is 2.22. The van der Waals surface area contributed by atoms with Crippen molar-refractivity contribution in [2.45, 2.75) is 26.2 Å². The molecule has 0 unspecified atom stereocenters. The Labute approximate surface area is 187 Å². The van der Waals surface area contributed by atoms with E-state index in [1.54, 1.807) is 35.3 Å². The van der Waals surface area contributed by atoms with Crippen LogP contribution in [0.25, 0.3) is 16.6 Å². The molecule has 7 heteroatoms. The zero-order valence-corrected chi connectivity index (χ0v) is 19.2. The molecule has 0 aliphatic carbocycles. The van der Waals surface area contributed by atoms with E-state index in [1.807, 2.05) is 24.3 Å². The summed E-state index contributed by atoms with van der Waals surface area (Å²) < 4.78 is 14.9. The molecule has 0 aliphatic rings. The van der Waals surface area contributed by atoms with Gasteiger partial charge in [0.2, 0.25) is 0 Å². The first-order valence-electron chi connectivity index (χ1n) is 10.3. The molecule has 4 aromatic rings. The van der Waals surface area contributed by atoms with Crippen molar-refractivity contribution in [3.05, 3.63) is 89.6 Å². The monoisotopic (exact) mass is 442 g/mol. The van der Waals surface area contributed by atoms with Crippen LogP contribution in [0.5, 0.6) is 0 Å². The second-order valence-electron chi connectivity index (χ2n) is 8.51. The maximum absolute atomic E-state index is 13.3. The maximum atomic E-state index is 13.3. The van der Waals surface area contributed by atoms with Gasteiger partial charge < -0.3 is 5.32 Å². The third-order valence-electron chi connectivity index (χ3n) is 4.77. The maximum Gasteiger partial charge on any atom is 0.252 e. The Morgan fingerprint density at radius 2 is 1.84 bits per heavy atom. The van der Waals surface area contributed by atoms with Gasteiger partial charge in [0, 0.05) is 18.1 Å². The second-order valence-corrected chi connectivity index (χ2v) is 13.3. The van der Waals surface area contributed by atoms with E-state index in [0.29, 0.717) is 12.1 Å². The summed E-state index contributed by atoms with van der Waals surface area (Å²) in [7, 11) is -1.45. The van der Waals surface area contributed by atoms with E-state index in [2.05, 4.69) is 46.5 Å². The molecule has 2 aromatic heterocycles. The van der Waals surface area contributed by atoms with E-state index < -0.39 is 8.07 Å². The van der Waals surface area contributed by atoms with Gasteiger partial charge >= 0.3 is 0 Å². The lowest BCUT2D eigenvalue weighted by molar-refractivity contribution is 0.0952. The van der Waals surface area contributed by atoms with Crippen molar-refractivity contribution < 1.29 is 9.18 Å². The third-order valence-corrected chi connectivity index (χ3v) is 5.65. The standard InChI is InChI=1S/C25H23FN4OSi/c1-32(2,3)14-13-20-10-7-18(15-27-20)16-28-25(31)22-5-4-6-24-23(22)17-29-30(24)21-11-8-19(26)9-12-21/h4-12,15,17H,16H2,1-3H3,(H,28,31). The number of carbonyl (C=O) groups is 1. The van der Waals surface area contributed by atoms with Crippen molar-refractivity contribution in [1.82, 2.24) is 20.1 Å². The van der Waals surface area contributed by atoms with Crippen LogP contribution in [0.4, 0.5) is 4.39 Å². The van der Waals surface area contributed by atoms with E-state index in [4.69, 9.17) is 0 Å². The molecule has 0 saturated carbocycles. The molecule has 0 saturated heterocycles. The van der Waals surface area contributed by atoms with Crippen LogP contribution in [0, 0.1) is 17.3 Å². The minimum absolute atomic E-state index is 0.197. The summed E-state index contributed by atoms with van der Waals surface area (Å²) in [6.07, 6.45) is 3.39. The number of amides is 1. The Bertz CT molecular complexity index is 1330. The Kier molecular flexibility index (Phi) is 5.88. The minimum Gasteiger partial charge on any atom is -0.348 e. The molecular formula is C25H23FN4OSi. The molecular weight excluding hydrogens is 419 g/mol. The van der Waals surface area contributed by atoms with Crippen LogP contribution in [-0.4, -0.2) is 28.7 Å². The van der Waals surface area contributed by atoms with Gasteiger partial charge in [0.1, 0.15) is 19.6 Å². The van der Waals surface area contributed by atoms with Crippen LogP contribution in [0.1, 0.15) is 21.6 Å². The van der Waals surface area contributed by atoms with Gasteiger partial charge in [-0.2, -0.15) is 5.10 Å². The summed E-state index contributed by atoms with van der Waals surface area (Å²) in [5.41, 5.74) is 6.95. The molecule has 0 aliphatic heterocycles. The predicted molar refractivity (Wildman–Crippen MR) is 127 cm³/mol. The van der Waals surface area contributed by atoms with Gasteiger partial charge in [-0.3, -0.25) is 4.79 Å². The number of nitrogens with zero attached hydrogens (tertiary/aromatic N) is 3. The van der Waals surface area contributed by atoms with Gasteiger partial charge in [-0.05, 0) is 48.0 Å². The van der Waals surface area contributed by atoms with E-state index in [-0.39, 0.29) is 11.7 Å². The van der Waals surface area contributed by atoms with Crippen molar-refractivity contribution in [1.29, 1.82) is 0 Å². The van der Waals surface area contributed by atoms with E-state index >= 15 is 0 Å². The lowest BCUT2D eigenvalue weighted by Crippen LogP contribution is -2.23. The van der Waals surface area contributed by atoms with Gasteiger partial charge in [0.15, 0.2) is 0 Å². The van der Waals surface area contributed by atoms with Gasteiger partial charge in [-0.1, -0.05) is 37.7 Å². The fourth-order valence-corrected chi connectivity index (χ4v) is 3.67. The van der Waals surface area contributed by atoms with Gasteiger partial charge in [-0.15, -0.1) is 5.54 Å². The summed E-state index contributed by atoms with van der Waals surface area (Å²) in [5, 5.41) is 8.07. The molecule has 1 amide bonds. The van der Waals surface area contributed by atoms with Crippen LogP contribution in [-0.2, 0) is 6.54 Å². The average molecular weight is 443 g/mol. The van der Waals surface area contributed by atoms with Crippen LogP contribution < -0.4 is 5.32 Å². The third kappa shape index (κ3) is 4.93. The molecule has 5 nitrogen and oxygen atoms in total. The topological polar surface area (TPSA) is 59.8 Å². The van der Waals surface area contributed by atoms with Crippen LogP contribution in [0.15, 0.2) is 67.0 Å². The van der Waals surface area contributed by atoms with E-state index in [9.17, 15) is 9.18 Å². The Morgan fingerprint density at radius 1 is 1.06 bits per heavy atom. The molecule has 2 aromatic carbocycles. The zero-order chi connectivity index (χ0) is 22.7. The summed E-state index contributed by atoms with van der Waals surface area (Å²) in [4.78, 5) is 17.2. The largest absolute Gasteiger partial charge is 0.348 e. The molecule has 160 valence electrons. The molecule has 0 fully saturated rings. The van der Waals surface area contributed by atoms with Crippen molar-refractivity contribution in [2.75, 3.05) is 0 Å². The average Bonchev–Trinajstić information content (AvgIpc) is 3.21. The Balaban J connectivity index is 1.50. The first-order valence-corrected chi connectivity index (χ1v) is 13.8. The smallest absolute Gasteiger partial charge is 0.252 e. The minimum atomic E-state index is -1.45. The zero-order valence-electron chi connectivity index (χ0n) is 18.2. The second kappa shape index (κ2) is 8.77. The molecule has 0 radical (unpaired) electrons. The SMILES string of the molecule is C[Si](C)(C)C#Cc1ccc(CNC(=O)c2cccc3c2cnn3-c2ccc(F)cc2)cn1. The number of nitrogens with one attached hydrogen (secondary N) is 1. The number of fused-ring (bicyclic) bond motifs is 1. The summed E-state index contributed by atoms with van der Waals surface area (Å²) in [5.74, 6) is 2.62. The number of carbonyl (C=O) groups excluding carboxylic acids is 1. The quantitative estimate of drug-likeness (QED) is 0.368. The van der Waals surface area contributed by atoms with Gasteiger partial charge in [0.25, 0.3) is 5.91 Å². The van der Waals surface area contributed by atoms with Crippen LogP contribution in [0.2, 0.25) is 19.6 Å². The Hall–Kier alpha value is -3.76. The molecule has 1 N–H and O–H groups in total. The normalized spacial score (nSPS) is 11.1. The Morgan fingerprint density at radius 3 is 2.53 bits per heavy atom. The molecule has 32 heavy (non-hydrogen) atoms. The first kappa shape index (κ1) is 21.5. The highest BCUT2D eigenvalue weighted by atomic mass is 28.3. The van der Waals surface area contributed by atoms with Crippen molar-refractivity contribution in [3.8, 4) is 17.2 Å². The van der Waals surface area contributed by atoms with Crippen molar-refractivity contribution in [2.24, 2.45) is 0 Å². The highest BCUT2D eigenvalue weighted by Gasteiger charge is 2.14. The van der Waals surface area contributed by atoms with Gasteiger partial charge in [-0.25, -0.2) is 14.1 Å². The fourth-order valence-electron chi connectivity index (χ4n) is 3.17. The molecule has 0 spiro atoms. The number of aromatic nitrogens is 3. The number of hydrogen-bond donors (Lipinski definition) is 1. The number of rotatable bonds is 4. The molecule has 0 atom stereocenters. The molecule has 4 rings (SSSR count). The lowest BCUT2D eigenvalue weighted by Gasteiger charge is -2.08.